The van der Waals surface area contributed by atoms with Crippen LogP contribution in [0.4, 0.5) is 13.2 Å². The van der Waals surface area contributed by atoms with Crippen LogP contribution in [0.1, 0.15) is 18.9 Å². The van der Waals surface area contributed by atoms with Crippen molar-refractivity contribution in [2.24, 2.45) is 0 Å². The first-order chi connectivity index (χ1) is 11.4. The number of amides is 1. The van der Waals surface area contributed by atoms with E-state index < -0.39 is 23.8 Å². The zero-order valence-corrected chi connectivity index (χ0v) is 13.1. The van der Waals surface area contributed by atoms with Gasteiger partial charge in [0.2, 0.25) is 0 Å². The van der Waals surface area contributed by atoms with Crippen molar-refractivity contribution in [1.82, 2.24) is 14.9 Å². The summed E-state index contributed by atoms with van der Waals surface area (Å²) in [5, 5.41) is 2.64. The Morgan fingerprint density at radius 3 is 2.79 bits per heavy atom. The van der Waals surface area contributed by atoms with Crippen LogP contribution in [0.3, 0.4) is 0 Å². The highest BCUT2D eigenvalue weighted by atomic mass is 19.4. The third-order valence-electron chi connectivity index (χ3n) is 3.32. The molecule has 0 aliphatic heterocycles. The molecular formula is C16H18F3N3O2. The van der Waals surface area contributed by atoms with Crippen molar-refractivity contribution in [2.45, 2.75) is 32.2 Å². The van der Waals surface area contributed by atoms with Gasteiger partial charge in [-0.25, -0.2) is 4.98 Å². The van der Waals surface area contributed by atoms with Crippen molar-refractivity contribution in [1.29, 1.82) is 0 Å². The highest BCUT2D eigenvalue weighted by Crippen LogP contribution is 2.36. The van der Waals surface area contributed by atoms with Gasteiger partial charge in [-0.2, -0.15) is 13.2 Å². The number of hydrogen-bond acceptors (Lipinski definition) is 3. The standard InChI is InChI=1S/C16H18F3N3O2/c1-12(15(23)21-7-4-9-22-10-8-20-11-22)24-14-6-3-2-5-13(14)16(17,18)19/h2-3,5-6,8,10-12H,4,7,9H2,1H3,(H,21,23). The van der Waals surface area contributed by atoms with E-state index in [0.717, 1.165) is 6.07 Å². The van der Waals surface area contributed by atoms with Gasteiger partial charge >= 0.3 is 6.18 Å². The van der Waals surface area contributed by atoms with Crippen molar-refractivity contribution >= 4 is 5.91 Å². The second kappa shape index (κ2) is 7.85. The van der Waals surface area contributed by atoms with E-state index in [4.69, 9.17) is 4.74 Å². The zero-order valence-electron chi connectivity index (χ0n) is 13.1. The van der Waals surface area contributed by atoms with Crippen molar-refractivity contribution in [2.75, 3.05) is 6.54 Å². The van der Waals surface area contributed by atoms with Gasteiger partial charge in [-0.3, -0.25) is 4.79 Å². The maximum Gasteiger partial charge on any atom is 0.419 e. The van der Waals surface area contributed by atoms with E-state index >= 15 is 0 Å². The van der Waals surface area contributed by atoms with Crippen molar-refractivity contribution in [3.8, 4) is 5.75 Å². The molecule has 8 heteroatoms. The number of aryl methyl sites for hydroxylation is 1. The number of nitrogens with one attached hydrogen (secondary N) is 1. The summed E-state index contributed by atoms with van der Waals surface area (Å²) in [5.41, 5.74) is -0.898. The average molecular weight is 341 g/mol. The lowest BCUT2D eigenvalue weighted by molar-refractivity contribution is -0.140. The highest BCUT2D eigenvalue weighted by molar-refractivity contribution is 5.80. The molecule has 1 heterocycles. The molecule has 2 rings (SSSR count). The minimum atomic E-state index is -4.53. The molecule has 5 nitrogen and oxygen atoms in total. The predicted molar refractivity (Wildman–Crippen MR) is 81.4 cm³/mol. The van der Waals surface area contributed by atoms with E-state index in [1.807, 2.05) is 10.8 Å². The van der Waals surface area contributed by atoms with E-state index in [1.54, 1.807) is 12.5 Å². The fourth-order valence-electron chi connectivity index (χ4n) is 2.08. The van der Waals surface area contributed by atoms with Gasteiger partial charge in [0.05, 0.1) is 11.9 Å². The van der Waals surface area contributed by atoms with Gasteiger partial charge in [-0.1, -0.05) is 12.1 Å². The first-order valence-electron chi connectivity index (χ1n) is 7.44. The third kappa shape index (κ3) is 5.00. The number of carbonyl (C=O) groups excluding carboxylic acids is 1. The van der Waals surface area contributed by atoms with Crippen LogP contribution in [-0.4, -0.2) is 28.1 Å². The monoisotopic (exact) mass is 341 g/mol. The summed E-state index contributed by atoms with van der Waals surface area (Å²) in [6.07, 6.45) is 0.253. The number of imidazole rings is 1. The zero-order chi connectivity index (χ0) is 17.6. The molecule has 130 valence electrons. The molecule has 1 aromatic carbocycles. The van der Waals surface area contributed by atoms with E-state index in [0.29, 0.717) is 19.5 Å². The quantitative estimate of drug-likeness (QED) is 0.788. The number of benzene rings is 1. The molecule has 1 N–H and O–H groups in total. The first kappa shape index (κ1) is 17.8. The fourth-order valence-corrected chi connectivity index (χ4v) is 2.08. The minimum absolute atomic E-state index is 0.355. The van der Waals surface area contributed by atoms with Crippen LogP contribution >= 0.6 is 0 Å². The van der Waals surface area contributed by atoms with E-state index in [1.165, 1.54) is 25.1 Å². The van der Waals surface area contributed by atoms with Gasteiger partial charge in [0.1, 0.15) is 5.75 Å². The molecule has 24 heavy (non-hydrogen) atoms. The summed E-state index contributed by atoms with van der Waals surface area (Å²) in [6.45, 7) is 2.50. The van der Waals surface area contributed by atoms with Crippen LogP contribution in [-0.2, 0) is 17.5 Å². The summed E-state index contributed by atoms with van der Waals surface area (Å²) in [4.78, 5) is 15.8. The first-order valence-corrected chi connectivity index (χ1v) is 7.44. The molecule has 0 fully saturated rings. The summed E-state index contributed by atoms with van der Waals surface area (Å²) in [5.74, 6) is -0.816. The van der Waals surface area contributed by atoms with Crippen LogP contribution < -0.4 is 10.1 Å². The lowest BCUT2D eigenvalue weighted by atomic mass is 10.2. The van der Waals surface area contributed by atoms with Gasteiger partial charge in [0, 0.05) is 25.5 Å². The van der Waals surface area contributed by atoms with E-state index in [2.05, 4.69) is 10.3 Å². The minimum Gasteiger partial charge on any atom is -0.480 e. The number of rotatable bonds is 7. The van der Waals surface area contributed by atoms with Crippen LogP contribution in [0, 0.1) is 0 Å². The molecule has 0 radical (unpaired) electrons. The van der Waals surface area contributed by atoms with Crippen LogP contribution in [0.2, 0.25) is 0 Å². The Kier molecular flexibility index (Phi) is 5.83. The number of alkyl halides is 3. The number of hydrogen-bond donors (Lipinski definition) is 1. The Morgan fingerprint density at radius 2 is 2.12 bits per heavy atom. The SMILES string of the molecule is CC(Oc1ccccc1C(F)(F)F)C(=O)NCCCn1ccnc1. The van der Waals surface area contributed by atoms with Gasteiger partial charge in [0.25, 0.3) is 5.91 Å². The third-order valence-corrected chi connectivity index (χ3v) is 3.32. The summed E-state index contributed by atoms with van der Waals surface area (Å²) in [7, 11) is 0. The summed E-state index contributed by atoms with van der Waals surface area (Å²) in [6, 6.07) is 4.83. The number of para-hydroxylation sites is 1. The number of nitrogens with zero attached hydrogens (tertiary/aromatic N) is 2. The van der Waals surface area contributed by atoms with Crippen LogP contribution in [0.25, 0.3) is 0 Å². The molecule has 1 unspecified atom stereocenters. The fraction of sp³-hybridized carbons (Fsp3) is 0.375. The summed E-state index contributed by atoms with van der Waals surface area (Å²) >= 11 is 0. The molecule has 0 aliphatic carbocycles. The Labute approximate surface area is 137 Å². The number of aromatic nitrogens is 2. The van der Waals surface area contributed by atoms with E-state index in [-0.39, 0.29) is 5.75 Å². The van der Waals surface area contributed by atoms with Gasteiger partial charge in [-0.05, 0) is 25.5 Å². The predicted octanol–water partition coefficient (Wildman–Crippen LogP) is 2.88. The molecule has 0 saturated heterocycles. The number of carbonyl (C=O) groups is 1. The molecular weight excluding hydrogens is 323 g/mol. The Hall–Kier alpha value is -2.51. The normalized spacial score (nSPS) is 12.7. The summed E-state index contributed by atoms with van der Waals surface area (Å²) < 4.78 is 45.7. The van der Waals surface area contributed by atoms with Gasteiger partial charge in [0.15, 0.2) is 6.10 Å². The Balaban J connectivity index is 1.83. The molecule has 0 spiro atoms. The molecule has 1 amide bonds. The molecule has 2 aromatic rings. The lowest BCUT2D eigenvalue weighted by Gasteiger charge is -2.18. The number of ether oxygens (including phenoxy) is 1. The molecule has 1 atom stereocenters. The van der Waals surface area contributed by atoms with Crippen molar-refractivity contribution in [3.05, 3.63) is 48.5 Å². The largest absolute Gasteiger partial charge is 0.480 e. The van der Waals surface area contributed by atoms with Gasteiger partial charge < -0.3 is 14.6 Å². The Bertz CT molecular complexity index is 657. The van der Waals surface area contributed by atoms with Crippen LogP contribution in [0.5, 0.6) is 5.75 Å². The number of halogens is 3. The van der Waals surface area contributed by atoms with Gasteiger partial charge in [-0.15, -0.1) is 0 Å². The van der Waals surface area contributed by atoms with Crippen molar-refractivity contribution in [3.63, 3.8) is 0 Å². The van der Waals surface area contributed by atoms with Crippen LogP contribution in [0.15, 0.2) is 43.0 Å². The second-order valence-corrected chi connectivity index (χ2v) is 5.20. The molecule has 0 aliphatic rings. The van der Waals surface area contributed by atoms with Crippen molar-refractivity contribution < 1.29 is 22.7 Å². The molecule has 0 saturated carbocycles. The second-order valence-electron chi connectivity index (χ2n) is 5.20. The highest BCUT2D eigenvalue weighted by Gasteiger charge is 2.34. The Morgan fingerprint density at radius 1 is 1.38 bits per heavy atom. The maximum absolute atomic E-state index is 12.9. The maximum atomic E-state index is 12.9. The molecule has 0 bridgehead atoms. The van der Waals surface area contributed by atoms with E-state index in [9.17, 15) is 18.0 Å². The lowest BCUT2D eigenvalue weighted by Crippen LogP contribution is -2.37. The average Bonchev–Trinajstić information content (AvgIpc) is 3.04. The smallest absolute Gasteiger partial charge is 0.419 e. The topological polar surface area (TPSA) is 56.1 Å². The molecule has 1 aromatic heterocycles.